The first kappa shape index (κ1) is 11.1. The summed E-state index contributed by atoms with van der Waals surface area (Å²) >= 11 is 0. The van der Waals surface area contributed by atoms with E-state index in [0.29, 0.717) is 5.92 Å². The maximum Gasteiger partial charge on any atom is 0.0811 e. The number of nitrogens with zero attached hydrogens (tertiary/aromatic N) is 2. The van der Waals surface area contributed by atoms with E-state index in [1.54, 1.807) is 0 Å². The Hall–Kier alpha value is -0.960. The highest BCUT2D eigenvalue weighted by Crippen LogP contribution is 2.22. The second kappa shape index (κ2) is 4.51. The summed E-state index contributed by atoms with van der Waals surface area (Å²) in [6, 6.07) is 1.91. The zero-order valence-electron chi connectivity index (χ0n) is 9.28. The van der Waals surface area contributed by atoms with E-state index >= 15 is 0 Å². The number of hydrogen-bond donors (Lipinski definition) is 1. The molecule has 1 atom stereocenters. The Labute approximate surface area is 85.2 Å². The van der Waals surface area contributed by atoms with Crippen LogP contribution in [0.3, 0.4) is 0 Å². The molecule has 1 rings (SSSR count). The van der Waals surface area contributed by atoms with Crippen LogP contribution in [0.25, 0.3) is 0 Å². The van der Waals surface area contributed by atoms with Gasteiger partial charge in [0, 0.05) is 5.56 Å². The molecule has 0 saturated heterocycles. The molecule has 0 aromatic carbocycles. The molecule has 0 aliphatic rings. The van der Waals surface area contributed by atoms with Crippen molar-refractivity contribution in [2.24, 2.45) is 5.92 Å². The standard InChI is InChI=1S/C11H18N2O/c1-7(2)5-11(14)10-6-8(3)12-13-9(10)4/h6-7,11,14H,5H2,1-4H3. The number of rotatable bonds is 3. The number of hydrogen-bond acceptors (Lipinski definition) is 3. The van der Waals surface area contributed by atoms with Crippen molar-refractivity contribution in [2.75, 3.05) is 0 Å². The van der Waals surface area contributed by atoms with Crippen molar-refractivity contribution in [3.8, 4) is 0 Å². The first-order chi connectivity index (χ1) is 6.50. The van der Waals surface area contributed by atoms with Crippen molar-refractivity contribution in [3.63, 3.8) is 0 Å². The molecule has 3 nitrogen and oxygen atoms in total. The third kappa shape index (κ3) is 2.77. The largest absolute Gasteiger partial charge is 0.388 e. The molecular weight excluding hydrogens is 176 g/mol. The monoisotopic (exact) mass is 194 g/mol. The van der Waals surface area contributed by atoms with E-state index in [4.69, 9.17) is 0 Å². The van der Waals surface area contributed by atoms with Gasteiger partial charge in [0.25, 0.3) is 0 Å². The average Bonchev–Trinajstić information content (AvgIpc) is 2.08. The lowest BCUT2D eigenvalue weighted by atomic mass is 9.99. The van der Waals surface area contributed by atoms with Gasteiger partial charge in [-0.1, -0.05) is 13.8 Å². The summed E-state index contributed by atoms with van der Waals surface area (Å²) in [6.45, 7) is 7.96. The highest BCUT2D eigenvalue weighted by Gasteiger charge is 2.13. The Bertz CT molecular complexity index is 310. The Balaban J connectivity index is 2.88. The van der Waals surface area contributed by atoms with E-state index in [1.807, 2.05) is 19.9 Å². The maximum atomic E-state index is 9.93. The summed E-state index contributed by atoms with van der Waals surface area (Å²) in [7, 11) is 0. The van der Waals surface area contributed by atoms with Crippen LogP contribution in [0.15, 0.2) is 6.07 Å². The lowest BCUT2D eigenvalue weighted by Gasteiger charge is -2.14. The normalized spacial score (nSPS) is 13.3. The van der Waals surface area contributed by atoms with Crippen molar-refractivity contribution < 1.29 is 5.11 Å². The lowest BCUT2D eigenvalue weighted by molar-refractivity contribution is 0.149. The van der Waals surface area contributed by atoms with Crippen LogP contribution >= 0.6 is 0 Å². The average molecular weight is 194 g/mol. The van der Waals surface area contributed by atoms with Gasteiger partial charge in [-0.2, -0.15) is 10.2 Å². The lowest BCUT2D eigenvalue weighted by Crippen LogP contribution is -2.06. The van der Waals surface area contributed by atoms with Crippen LogP contribution in [0.1, 0.15) is 43.3 Å². The molecule has 78 valence electrons. The van der Waals surface area contributed by atoms with Crippen LogP contribution in [0.5, 0.6) is 0 Å². The van der Waals surface area contributed by atoms with Crippen molar-refractivity contribution in [1.29, 1.82) is 0 Å². The fraction of sp³-hybridized carbons (Fsp3) is 0.636. The summed E-state index contributed by atoms with van der Waals surface area (Å²) in [5.41, 5.74) is 2.59. The van der Waals surface area contributed by atoms with E-state index in [1.165, 1.54) is 0 Å². The van der Waals surface area contributed by atoms with Gasteiger partial charge in [-0.25, -0.2) is 0 Å². The van der Waals surface area contributed by atoms with Crippen LogP contribution in [-0.2, 0) is 0 Å². The molecule has 1 unspecified atom stereocenters. The van der Waals surface area contributed by atoms with Crippen LogP contribution in [0.4, 0.5) is 0 Å². The predicted octanol–water partition coefficient (Wildman–Crippen LogP) is 2.17. The Morgan fingerprint density at radius 3 is 2.50 bits per heavy atom. The second-order valence-corrected chi connectivity index (χ2v) is 4.17. The molecule has 3 heteroatoms. The van der Waals surface area contributed by atoms with E-state index in [9.17, 15) is 5.11 Å². The van der Waals surface area contributed by atoms with Gasteiger partial charge in [0.2, 0.25) is 0 Å². The van der Waals surface area contributed by atoms with Gasteiger partial charge >= 0.3 is 0 Å². The van der Waals surface area contributed by atoms with E-state index < -0.39 is 6.10 Å². The highest BCUT2D eigenvalue weighted by atomic mass is 16.3. The number of aromatic nitrogens is 2. The third-order valence-electron chi connectivity index (χ3n) is 2.19. The molecule has 1 aromatic rings. The topological polar surface area (TPSA) is 46.0 Å². The van der Waals surface area contributed by atoms with Crippen molar-refractivity contribution in [2.45, 2.75) is 40.2 Å². The number of aryl methyl sites for hydroxylation is 2. The van der Waals surface area contributed by atoms with Crippen molar-refractivity contribution in [3.05, 3.63) is 23.0 Å². The maximum absolute atomic E-state index is 9.93. The fourth-order valence-corrected chi connectivity index (χ4v) is 1.48. The Morgan fingerprint density at radius 2 is 1.93 bits per heavy atom. The molecule has 0 amide bonds. The van der Waals surface area contributed by atoms with Crippen LogP contribution in [-0.4, -0.2) is 15.3 Å². The van der Waals surface area contributed by atoms with Gasteiger partial charge in [0.05, 0.1) is 17.5 Å². The zero-order chi connectivity index (χ0) is 10.7. The Kier molecular flexibility index (Phi) is 3.58. The summed E-state index contributed by atoms with van der Waals surface area (Å²) in [4.78, 5) is 0. The van der Waals surface area contributed by atoms with E-state index in [0.717, 1.165) is 23.4 Å². The van der Waals surface area contributed by atoms with Gasteiger partial charge in [-0.15, -0.1) is 0 Å². The quantitative estimate of drug-likeness (QED) is 0.802. The van der Waals surface area contributed by atoms with Gasteiger partial charge in [0.1, 0.15) is 0 Å². The van der Waals surface area contributed by atoms with Crippen LogP contribution < -0.4 is 0 Å². The Morgan fingerprint density at radius 1 is 1.29 bits per heavy atom. The molecule has 0 aliphatic carbocycles. The molecule has 0 aliphatic heterocycles. The minimum absolute atomic E-state index is 0.413. The molecular formula is C11H18N2O. The third-order valence-corrected chi connectivity index (χ3v) is 2.19. The molecule has 14 heavy (non-hydrogen) atoms. The van der Waals surface area contributed by atoms with E-state index in [2.05, 4.69) is 24.0 Å². The van der Waals surface area contributed by atoms with Crippen molar-refractivity contribution in [1.82, 2.24) is 10.2 Å². The molecule has 0 radical (unpaired) electrons. The van der Waals surface area contributed by atoms with Crippen LogP contribution in [0.2, 0.25) is 0 Å². The molecule has 0 saturated carbocycles. The molecule has 1 heterocycles. The molecule has 0 bridgehead atoms. The molecule has 1 aromatic heterocycles. The van der Waals surface area contributed by atoms with Crippen LogP contribution in [0, 0.1) is 19.8 Å². The van der Waals surface area contributed by atoms with E-state index in [-0.39, 0.29) is 0 Å². The smallest absolute Gasteiger partial charge is 0.0811 e. The predicted molar refractivity (Wildman–Crippen MR) is 55.9 cm³/mol. The highest BCUT2D eigenvalue weighted by molar-refractivity contribution is 5.22. The summed E-state index contributed by atoms with van der Waals surface area (Å²) in [5.74, 6) is 0.484. The van der Waals surface area contributed by atoms with Gasteiger partial charge in [-0.3, -0.25) is 0 Å². The zero-order valence-corrected chi connectivity index (χ0v) is 9.28. The fourth-order valence-electron chi connectivity index (χ4n) is 1.48. The summed E-state index contributed by atoms with van der Waals surface area (Å²) in [6.07, 6.45) is 0.357. The number of aliphatic hydroxyl groups is 1. The molecule has 1 N–H and O–H groups in total. The van der Waals surface area contributed by atoms with Gasteiger partial charge in [-0.05, 0) is 32.3 Å². The second-order valence-electron chi connectivity index (χ2n) is 4.17. The first-order valence-electron chi connectivity index (χ1n) is 4.99. The molecule has 0 fully saturated rings. The minimum atomic E-state index is -0.413. The summed E-state index contributed by atoms with van der Waals surface area (Å²) < 4.78 is 0. The van der Waals surface area contributed by atoms with Gasteiger partial charge in [0.15, 0.2) is 0 Å². The first-order valence-corrected chi connectivity index (χ1v) is 4.99. The van der Waals surface area contributed by atoms with Gasteiger partial charge < -0.3 is 5.11 Å². The SMILES string of the molecule is Cc1cc(C(O)CC(C)C)c(C)nn1. The van der Waals surface area contributed by atoms with Crippen molar-refractivity contribution >= 4 is 0 Å². The molecule has 0 spiro atoms. The summed E-state index contributed by atoms with van der Waals surface area (Å²) in [5, 5.41) is 17.9. The number of aliphatic hydroxyl groups excluding tert-OH is 1. The minimum Gasteiger partial charge on any atom is -0.388 e.